The lowest BCUT2D eigenvalue weighted by Gasteiger charge is -2.09. The van der Waals surface area contributed by atoms with Crippen LogP contribution in [0.4, 0.5) is 5.13 Å². The van der Waals surface area contributed by atoms with E-state index in [0.29, 0.717) is 33.5 Å². The Morgan fingerprint density at radius 2 is 2.00 bits per heavy atom. The second kappa shape index (κ2) is 6.37. The lowest BCUT2D eigenvalue weighted by Crippen LogP contribution is -2.12. The quantitative estimate of drug-likeness (QED) is 0.931. The summed E-state index contributed by atoms with van der Waals surface area (Å²) in [6.45, 7) is 0. The lowest BCUT2D eigenvalue weighted by atomic mass is 10.0. The first-order valence-corrected chi connectivity index (χ1v) is 8.00. The number of anilines is 1. The minimum absolute atomic E-state index is 0.107. The minimum atomic E-state index is -0.301. The Kier molecular flexibility index (Phi) is 4.29. The van der Waals surface area contributed by atoms with E-state index < -0.39 is 0 Å². The highest BCUT2D eigenvalue weighted by Gasteiger charge is 2.23. The molecular weight excluding hydrogens is 316 g/mol. The number of nitrogens with one attached hydrogen (secondary N) is 1. The van der Waals surface area contributed by atoms with Crippen LogP contribution in [0.25, 0.3) is 0 Å². The molecule has 1 heterocycles. The Labute approximate surface area is 137 Å². The molecular formula is C16H16N2O4S. The van der Waals surface area contributed by atoms with Crippen molar-refractivity contribution in [2.75, 3.05) is 19.5 Å². The number of aromatic nitrogens is 1. The number of hydrogen-bond donors (Lipinski definition) is 1. The Morgan fingerprint density at radius 3 is 2.70 bits per heavy atom. The zero-order chi connectivity index (χ0) is 16.4. The summed E-state index contributed by atoms with van der Waals surface area (Å²) in [5.41, 5.74) is 1.22. The predicted molar refractivity (Wildman–Crippen MR) is 86.9 cm³/mol. The van der Waals surface area contributed by atoms with Crippen molar-refractivity contribution in [3.63, 3.8) is 0 Å². The van der Waals surface area contributed by atoms with E-state index in [1.54, 1.807) is 18.2 Å². The SMILES string of the molecule is COc1ccc(C(=O)Nc2nc3c(s2)C(=O)CCC3)cc1OC. The topological polar surface area (TPSA) is 77.5 Å². The van der Waals surface area contributed by atoms with Crippen LogP contribution in [-0.4, -0.2) is 30.9 Å². The molecule has 1 aliphatic carbocycles. The normalized spacial score (nSPS) is 13.4. The molecule has 1 amide bonds. The fraction of sp³-hybridized carbons (Fsp3) is 0.312. The summed E-state index contributed by atoms with van der Waals surface area (Å²) in [6, 6.07) is 4.92. The Balaban J connectivity index is 1.81. The maximum absolute atomic E-state index is 12.4. The third-order valence-electron chi connectivity index (χ3n) is 3.63. The van der Waals surface area contributed by atoms with Gasteiger partial charge in [0, 0.05) is 12.0 Å². The molecule has 0 radical (unpaired) electrons. The summed E-state index contributed by atoms with van der Waals surface area (Å²) in [5.74, 6) is 0.841. The molecule has 2 aromatic rings. The van der Waals surface area contributed by atoms with Gasteiger partial charge in [0.15, 0.2) is 22.4 Å². The molecule has 0 bridgehead atoms. The van der Waals surface area contributed by atoms with E-state index in [9.17, 15) is 9.59 Å². The molecule has 1 aromatic carbocycles. The first-order chi connectivity index (χ1) is 11.1. The van der Waals surface area contributed by atoms with Gasteiger partial charge in [-0.1, -0.05) is 11.3 Å². The molecule has 0 unspecified atom stereocenters. The van der Waals surface area contributed by atoms with Gasteiger partial charge in [0.1, 0.15) is 0 Å². The summed E-state index contributed by atoms with van der Waals surface area (Å²) in [7, 11) is 3.05. The van der Waals surface area contributed by atoms with Crippen molar-refractivity contribution in [1.29, 1.82) is 0 Å². The number of fused-ring (bicyclic) bond motifs is 1. The Hall–Kier alpha value is -2.41. The molecule has 120 valence electrons. The third kappa shape index (κ3) is 3.05. The van der Waals surface area contributed by atoms with E-state index in [4.69, 9.17) is 9.47 Å². The van der Waals surface area contributed by atoms with E-state index >= 15 is 0 Å². The van der Waals surface area contributed by atoms with Crippen molar-refractivity contribution in [3.8, 4) is 11.5 Å². The average Bonchev–Trinajstić information content (AvgIpc) is 2.98. The molecule has 1 aliphatic rings. The molecule has 1 N–H and O–H groups in total. The fourth-order valence-corrected chi connectivity index (χ4v) is 3.44. The number of aryl methyl sites for hydroxylation is 1. The number of benzene rings is 1. The molecule has 7 heteroatoms. The van der Waals surface area contributed by atoms with Gasteiger partial charge in [-0.15, -0.1) is 0 Å². The van der Waals surface area contributed by atoms with Crippen LogP contribution in [0.3, 0.4) is 0 Å². The summed E-state index contributed by atoms with van der Waals surface area (Å²) >= 11 is 1.24. The molecule has 3 rings (SSSR count). The van der Waals surface area contributed by atoms with Crippen LogP contribution in [0.2, 0.25) is 0 Å². The van der Waals surface area contributed by atoms with Crippen molar-refractivity contribution < 1.29 is 19.1 Å². The largest absolute Gasteiger partial charge is 0.493 e. The highest BCUT2D eigenvalue weighted by atomic mass is 32.1. The average molecular weight is 332 g/mol. The first-order valence-electron chi connectivity index (χ1n) is 7.18. The second-order valence-corrected chi connectivity index (χ2v) is 6.09. The van der Waals surface area contributed by atoms with Gasteiger partial charge in [0.2, 0.25) is 0 Å². The summed E-state index contributed by atoms with van der Waals surface area (Å²) < 4.78 is 10.3. The van der Waals surface area contributed by atoms with Gasteiger partial charge >= 0.3 is 0 Å². The fourth-order valence-electron chi connectivity index (χ4n) is 2.47. The van der Waals surface area contributed by atoms with Crippen LogP contribution >= 0.6 is 11.3 Å². The van der Waals surface area contributed by atoms with Gasteiger partial charge in [0.05, 0.1) is 24.8 Å². The molecule has 0 fully saturated rings. The molecule has 0 atom stereocenters. The number of nitrogens with zero attached hydrogens (tertiary/aromatic N) is 1. The lowest BCUT2D eigenvalue weighted by molar-refractivity contribution is 0.0975. The van der Waals surface area contributed by atoms with E-state index in [0.717, 1.165) is 18.5 Å². The minimum Gasteiger partial charge on any atom is -0.493 e. The highest BCUT2D eigenvalue weighted by Crippen LogP contribution is 2.31. The number of methoxy groups -OCH3 is 2. The zero-order valence-electron chi connectivity index (χ0n) is 12.8. The summed E-state index contributed by atoms with van der Waals surface area (Å²) in [6.07, 6.45) is 2.15. The second-order valence-electron chi connectivity index (χ2n) is 5.10. The maximum atomic E-state index is 12.4. The predicted octanol–water partition coefficient (Wildman–Crippen LogP) is 2.93. The van der Waals surface area contributed by atoms with Crippen molar-refractivity contribution >= 4 is 28.2 Å². The van der Waals surface area contributed by atoms with Crippen molar-refractivity contribution in [2.45, 2.75) is 19.3 Å². The Morgan fingerprint density at radius 1 is 1.22 bits per heavy atom. The van der Waals surface area contributed by atoms with Gasteiger partial charge in [0.25, 0.3) is 5.91 Å². The number of ether oxygens (including phenoxy) is 2. The summed E-state index contributed by atoms with van der Waals surface area (Å²) in [5, 5.41) is 3.19. The molecule has 0 saturated heterocycles. The van der Waals surface area contributed by atoms with Crippen molar-refractivity contribution in [3.05, 3.63) is 34.3 Å². The van der Waals surface area contributed by atoms with Crippen LogP contribution in [0.15, 0.2) is 18.2 Å². The maximum Gasteiger partial charge on any atom is 0.257 e. The van der Waals surface area contributed by atoms with Crippen molar-refractivity contribution in [1.82, 2.24) is 4.98 Å². The summed E-state index contributed by atoms with van der Waals surface area (Å²) in [4.78, 5) is 29.2. The van der Waals surface area contributed by atoms with Gasteiger partial charge in [-0.3, -0.25) is 14.9 Å². The number of rotatable bonds is 4. The van der Waals surface area contributed by atoms with Gasteiger partial charge in [-0.05, 0) is 31.0 Å². The number of carbonyl (C=O) groups is 2. The molecule has 1 aromatic heterocycles. The molecule has 23 heavy (non-hydrogen) atoms. The molecule has 0 aliphatic heterocycles. The van der Waals surface area contributed by atoms with E-state index in [2.05, 4.69) is 10.3 Å². The highest BCUT2D eigenvalue weighted by molar-refractivity contribution is 7.17. The monoisotopic (exact) mass is 332 g/mol. The number of ketones is 1. The number of thiazole rings is 1. The van der Waals surface area contributed by atoms with E-state index in [1.807, 2.05) is 0 Å². The third-order valence-corrected chi connectivity index (χ3v) is 4.69. The first kappa shape index (κ1) is 15.5. The van der Waals surface area contributed by atoms with Gasteiger partial charge in [-0.2, -0.15) is 0 Å². The van der Waals surface area contributed by atoms with Crippen LogP contribution in [0.1, 0.15) is 38.6 Å². The number of carbonyl (C=O) groups excluding carboxylic acids is 2. The van der Waals surface area contributed by atoms with Crippen LogP contribution < -0.4 is 14.8 Å². The van der Waals surface area contributed by atoms with E-state index in [1.165, 1.54) is 25.6 Å². The van der Waals surface area contributed by atoms with E-state index in [-0.39, 0.29) is 11.7 Å². The zero-order valence-corrected chi connectivity index (χ0v) is 13.7. The van der Waals surface area contributed by atoms with Crippen molar-refractivity contribution in [2.24, 2.45) is 0 Å². The van der Waals surface area contributed by atoms with Crippen LogP contribution in [0, 0.1) is 0 Å². The number of Topliss-reactive ketones (excluding diaryl/α,β-unsaturated/α-hetero) is 1. The van der Waals surface area contributed by atoms with Crippen LogP contribution in [-0.2, 0) is 6.42 Å². The van der Waals surface area contributed by atoms with Crippen LogP contribution in [0.5, 0.6) is 11.5 Å². The molecule has 0 spiro atoms. The number of hydrogen-bond acceptors (Lipinski definition) is 6. The van der Waals surface area contributed by atoms with Gasteiger partial charge in [-0.25, -0.2) is 4.98 Å². The molecule has 0 saturated carbocycles. The van der Waals surface area contributed by atoms with Gasteiger partial charge < -0.3 is 9.47 Å². The smallest absolute Gasteiger partial charge is 0.257 e. The molecule has 6 nitrogen and oxygen atoms in total. The number of amides is 1. The Bertz CT molecular complexity index is 769. The standard InChI is InChI=1S/C16H16N2O4S/c1-21-12-7-6-9(8-13(12)22-2)15(20)18-16-17-10-4-3-5-11(19)14(10)23-16/h6-8H,3-5H2,1-2H3,(H,17,18,20).